The molecule has 0 spiro atoms. The van der Waals surface area contributed by atoms with Gasteiger partial charge in [0, 0.05) is 55.9 Å². The van der Waals surface area contributed by atoms with Crippen molar-refractivity contribution in [2.24, 2.45) is 10.9 Å². The number of morpholine rings is 1. The highest BCUT2D eigenvalue weighted by Crippen LogP contribution is 2.29. The van der Waals surface area contributed by atoms with E-state index in [-0.39, 0.29) is 29.9 Å². The van der Waals surface area contributed by atoms with Crippen molar-refractivity contribution in [3.63, 3.8) is 0 Å². The standard InChI is InChI=1S/C22H37N5O2S.HI/c1-4-24-22(27-9-7-18(8-10-27)15-21(28)23-3)25-16-19(20-6-5-17(2)30-20)26-11-13-29-14-12-26;/h5-6,18-19H,4,7-16H2,1-3H3,(H,23,28)(H,24,25);1H. The summed E-state index contributed by atoms with van der Waals surface area (Å²) in [5.74, 6) is 1.62. The number of thiophene rings is 1. The third-order valence-corrected chi connectivity index (χ3v) is 7.09. The molecule has 0 aromatic carbocycles. The van der Waals surface area contributed by atoms with Gasteiger partial charge in [-0.15, -0.1) is 35.3 Å². The van der Waals surface area contributed by atoms with Crippen molar-refractivity contribution < 1.29 is 9.53 Å². The third-order valence-electron chi connectivity index (χ3n) is 5.99. The summed E-state index contributed by atoms with van der Waals surface area (Å²) >= 11 is 1.87. The molecule has 0 radical (unpaired) electrons. The van der Waals surface area contributed by atoms with Crippen LogP contribution in [0.2, 0.25) is 0 Å². The van der Waals surface area contributed by atoms with Crippen molar-refractivity contribution in [3.8, 4) is 0 Å². The molecule has 1 aromatic rings. The fourth-order valence-electron chi connectivity index (χ4n) is 4.22. The maximum absolute atomic E-state index is 11.7. The summed E-state index contributed by atoms with van der Waals surface area (Å²) in [5, 5.41) is 6.24. The molecule has 2 fully saturated rings. The first kappa shape index (κ1) is 26.3. The molecular formula is C22H38IN5O2S. The zero-order valence-corrected chi connectivity index (χ0v) is 22.2. The Labute approximate surface area is 208 Å². The number of nitrogens with one attached hydrogen (secondary N) is 2. The molecule has 1 aromatic heterocycles. The number of halogens is 1. The summed E-state index contributed by atoms with van der Waals surface area (Å²) in [7, 11) is 1.72. The highest BCUT2D eigenvalue weighted by atomic mass is 127. The average Bonchev–Trinajstić information content (AvgIpc) is 3.20. The van der Waals surface area contributed by atoms with Crippen LogP contribution >= 0.6 is 35.3 Å². The molecular weight excluding hydrogens is 525 g/mol. The van der Waals surface area contributed by atoms with E-state index in [0.717, 1.165) is 71.3 Å². The van der Waals surface area contributed by atoms with E-state index < -0.39 is 0 Å². The van der Waals surface area contributed by atoms with Gasteiger partial charge in [0.2, 0.25) is 5.91 Å². The molecule has 0 bridgehead atoms. The minimum Gasteiger partial charge on any atom is -0.379 e. The second kappa shape index (κ2) is 13.6. The molecule has 9 heteroatoms. The number of piperidine rings is 1. The maximum Gasteiger partial charge on any atom is 0.220 e. The van der Waals surface area contributed by atoms with Crippen molar-refractivity contribution in [3.05, 3.63) is 21.9 Å². The van der Waals surface area contributed by atoms with E-state index in [0.29, 0.717) is 18.4 Å². The Hall–Kier alpha value is -0.910. The largest absolute Gasteiger partial charge is 0.379 e. The number of rotatable bonds is 7. The van der Waals surface area contributed by atoms with E-state index in [9.17, 15) is 4.79 Å². The van der Waals surface area contributed by atoms with Gasteiger partial charge >= 0.3 is 0 Å². The summed E-state index contributed by atoms with van der Waals surface area (Å²) in [5.41, 5.74) is 0. The van der Waals surface area contributed by atoms with Crippen LogP contribution in [-0.4, -0.2) is 81.2 Å². The van der Waals surface area contributed by atoms with Gasteiger partial charge in [-0.2, -0.15) is 0 Å². The predicted molar refractivity (Wildman–Crippen MR) is 139 cm³/mol. The minimum atomic E-state index is 0. The van der Waals surface area contributed by atoms with Crippen LogP contribution in [0.5, 0.6) is 0 Å². The monoisotopic (exact) mass is 563 g/mol. The van der Waals surface area contributed by atoms with Crippen LogP contribution in [0.4, 0.5) is 0 Å². The van der Waals surface area contributed by atoms with E-state index in [1.807, 2.05) is 11.3 Å². The number of guanidine groups is 1. The highest BCUT2D eigenvalue weighted by molar-refractivity contribution is 14.0. The number of hydrogen-bond donors (Lipinski definition) is 2. The van der Waals surface area contributed by atoms with Crippen molar-refractivity contribution in [2.45, 2.75) is 39.2 Å². The quantitative estimate of drug-likeness (QED) is 0.304. The lowest BCUT2D eigenvalue weighted by atomic mass is 9.93. The smallest absolute Gasteiger partial charge is 0.220 e. The lowest BCUT2D eigenvalue weighted by Gasteiger charge is -2.35. The number of hydrogen-bond acceptors (Lipinski definition) is 5. The number of aliphatic imine (C=N–C) groups is 1. The highest BCUT2D eigenvalue weighted by Gasteiger charge is 2.26. The molecule has 1 amide bonds. The number of carbonyl (C=O) groups excluding carboxylic acids is 1. The van der Waals surface area contributed by atoms with Gasteiger partial charge in [0.15, 0.2) is 5.96 Å². The number of nitrogens with zero attached hydrogens (tertiary/aromatic N) is 3. The maximum atomic E-state index is 11.7. The molecule has 0 aliphatic carbocycles. The van der Waals surface area contributed by atoms with Crippen LogP contribution in [0.25, 0.3) is 0 Å². The van der Waals surface area contributed by atoms with Crippen molar-refractivity contribution in [2.75, 3.05) is 59.5 Å². The fourth-order valence-corrected chi connectivity index (χ4v) is 5.22. The molecule has 2 saturated heterocycles. The average molecular weight is 564 g/mol. The predicted octanol–water partition coefficient (Wildman–Crippen LogP) is 2.86. The van der Waals surface area contributed by atoms with Gasteiger partial charge in [0.1, 0.15) is 0 Å². The van der Waals surface area contributed by atoms with Crippen molar-refractivity contribution in [1.82, 2.24) is 20.4 Å². The number of likely N-dealkylation sites (tertiary alicyclic amines) is 1. The Bertz CT molecular complexity index is 700. The van der Waals surface area contributed by atoms with Crippen LogP contribution in [0.1, 0.15) is 42.0 Å². The second-order valence-electron chi connectivity index (χ2n) is 8.11. The topological polar surface area (TPSA) is 69.2 Å². The van der Waals surface area contributed by atoms with Crippen molar-refractivity contribution in [1.29, 1.82) is 0 Å². The Morgan fingerprint density at radius 3 is 2.55 bits per heavy atom. The molecule has 2 aliphatic heterocycles. The van der Waals surface area contributed by atoms with Gasteiger partial charge in [0.25, 0.3) is 0 Å². The van der Waals surface area contributed by atoms with E-state index in [1.54, 1.807) is 7.05 Å². The molecule has 176 valence electrons. The summed E-state index contributed by atoms with van der Waals surface area (Å²) in [6, 6.07) is 4.76. The number of ether oxygens (including phenoxy) is 1. The number of aryl methyl sites for hydroxylation is 1. The molecule has 3 rings (SSSR count). The summed E-state index contributed by atoms with van der Waals surface area (Å²) < 4.78 is 5.57. The second-order valence-corrected chi connectivity index (χ2v) is 9.43. The lowest BCUT2D eigenvalue weighted by Crippen LogP contribution is -2.46. The van der Waals surface area contributed by atoms with Crippen LogP contribution in [0, 0.1) is 12.8 Å². The molecule has 1 unspecified atom stereocenters. The van der Waals surface area contributed by atoms with Crippen LogP contribution < -0.4 is 10.6 Å². The van der Waals surface area contributed by atoms with Gasteiger partial charge in [-0.1, -0.05) is 0 Å². The number of amides is 1. The Kier molecular flexibility index (Phi) is 11.6. The zero-order valence-electron chi connectivity index (χ0n) is 19.1. The van der Waals surface area contributed by atoms with E-state index in [1.165, 1.54) is 9.75 Å². The summed E-state index contributed by atoms with van der Waals surface area (Å²) in [4.78, 5) is 24.4. The van der Waals surface area contributed by atoms with E-state index in [2.05, 4.69) is 46.4 Å². The first-order valence-corrected chi connectivity index (χ1v) is 12.0. The van der Waals surface area contributed by atoms with E-state index in [4.69, 9.17) is 9.73 Å². The van der Waals surface area contributed by atoms with Crippen LogP contribution in [0.3, 0.4) is 0 Å². The summed E-state index contributed by atoms with van der Waals surface area (Å²) in [6.45, 7) is 11.3. The minimum absolute atomic E-state index is 0. The fraction of sp³-hybridized carbons (Fsp3) is 0.727. The molecule has 0 saturated carbocycles. The van der Waals surface area contributed by atoms with Gasteiger partial charge < -0.3 is 20.3 Å². The molecule has 2 aliphatic rings. The molecule has 1 atom stereocenters. The SMILES string of the molecule is CCNC(=NCC(c1ccc(C)s1)N1CCOCC1)N1CCC(CC(=O)NC)CC1.I. The zero-order chi connectivity index (χ0) is 21.3. The molecule has 31 heavy (non-hydrogen) atoms. The van der Waals surface area contributed by atoms with Gasteiger partial charge in [-0.05, 0) is 44.7 Å². The lowest BCUT2D eigenvalue weighted by molar-refractivity contribution is -0.121. The summed E-state index contributed by atoms with van der Waals surface area (Å²) in [6.07, 6.45) is 2.71. The van der Waals surface area contributed by atoms with Crippen molar-refractivity contribution >= 4 is 47.2 Å². The Balaban J connectivity index is 0.00000341. The van der Waals surface area contributed by atoms with Gasteiger partial charge in [-0.3, -0.25) is 14.7 Å². The normalized spacial score (nSPS) is 19.6. The van der Waals surface area contributed by atoms with E-state index >= 15 is 0 Å². The van der Waals surface area contributed by atoms with Gasteiger partial charge in [0.05, 0.1) is 25.8 Å². The first-order chi connectivity index (χ1) is 14.6. The molecule has 3 heterocycles. The van der Waals surface area contributed by atoms with Crippen LogP contribution in [0.15, 0.2) is 17.1 Å². The first-order valence-electron chi connectivity index (χ1n) is 11.2. The molecule has 2 N–H and O–H groups in total. The Morgan fingerprint density at radius 2 is 1.97 bits per heavy atom. The number of carbonyl (C=O) groups is 1. The third kappa shape index (κ3) is 7.87. The molecule has 7 nitrogen and oxygen atoms in total. The van der Waals surface area contributed by atoms with Crippen LogP contribution in [-0.2, 0) is 9.53 Å². The van der Waals surface area contributed by atoms with Gasteiger partial charge in [-0.25, -0.2) is 0 Å². The Morgan fingerprint density at radius 1 is 1.26 bits per heavy atom.